The number of aliphatic carboxylic acids is 1. The average molecular weight is 270 g/mol. The Morgan fingerprint density at radius 1 is 1.32 bits per heavy atom. The first kappa shape index (κ1) is 15.8. The van der Waals surface area contributed by atoms with Crippen LogP contribution in [-0.2, 0) is 4.79 Å². The van der Waals surface area contributed by atoms with Crippen LogP contribution in [-0.4, -0.2) is 29.1 Å². The second-order valence-corrected chi connectivity index (χ2v) is 5.45. The lowest BCUT2D eigenvalue weighted by molar-refractivity contribution is -0.141. The lowest BCUT2D eigenvalue weighted by Crippen LogP contribution is -2.41. The maximum absolute atomic E-state index is 11.2. The molecule has 1 fully saturated rings. The molecule has 0 heterocycles. The Morgan fingerprint density at radius 2 is 1.89 bits per heavy atom. The number of nitrogens with zero attached hydrogens (tertiary/aromatic N) is 1. The molecule has 0 amide bonds. The van der Waals surface area contributed by atoms with Crippen LogP contribution in [0.2, 0.25) is 0 Å². The van der Waals surface area contributed by atoms with Crippen LogP contribution in [0.3, 0.4) is 0 Å². The molecule has 4 atom stereocenters. The fourth-order valence-corrected chi connectivity index (χ4v) is 3.19. The lowest BCUT2D eigenvalue weighted by atomic mass is 9.82. The second kappa shape index (κ2) is 6.75. The van der Waals surface area contributed by atoms with Crippen molar-refractivity contribution in [2.75, 3.05) is 0 Å². The van der Waals surface area contributed by atoms with Crippen LogP contribution < -0.4 is 17.2 Å². The highest BCUT2D eigenvalue weighted by Gasteiger charge is 2.42. The summed E-state index contributed by atoms with van der Waals surface area (Å²) in [7, 11) is 0. The molecule has 0 aromatic heterocycles. The van der Waals surface area contributed by atoms with Crippen molar-refractivity contribution in [3.05, 3.63) is 0 Å². The molecule has 1 aliphatic rings. The molecule has 1 saturated carbocycles. The number of nitrogens with two attached hydrogens (primary N) is 3. The standard InChI is InChI=1S/C13H26N4O2/c1-3-7(4-2)11(14)9-5-8(12(18)19)6-10(9)17-13(15)16/h7-11H,3-6,14H2,1-2H3,(H,18,19)(H4,15,16,17)/t8-,9-,10-,11?/m1/s1. The Kier molecular flexibility index (Phi) is 5.60. The van der Waals surface area contributed by atoms with Gasteiger partial charge in [-0.1, -0.05) is 26.7 Å². The minimum atomic E-state index is -0.782. The first-order chi connectivity index (χ1) is 8.90. The lowest BCUT2D eigenvalue weighted by Gasteiger charge is -2.29. The Balaban J connectivity index is 2.87. The van der Waals surface area contributed by atoms with Gasteiger partial charge in [-0.15, -0.1) is 0 Å². The summed E-state index contributed by atoms with van der Waals surface area (Å²) in [6.07, 6.45) is 3.01. The van der Waals surface area contributed by atoms with Crippen molar-refractivity contribution in [1.82, 2.24) is 0 Å². The molecule has 0 aromatic carbocycles. The number of hydrogen-bond donors (Lipinski definition) is 4. The maximum atomic E-state index is 11.2. The molecule has 1 aliphatic carbocycles. The Hall–Kier alpha value is -1.30. The van der Waals surface area contributed by atoms with E-state index in [0.29, 0.717) is 18.8 Å². The number of carboxylic acids is 1. The molecule has 19 heavy (non-hydrogen) atoms. The van der Waals surface area contributed by atoms with Crippen LogP contribution >= 0.6 is 0 Å². The zero-order chi connectivity index (χ0) is 14.6. The van der Waals surface area contributed by atoms with E-state index in [1.54, 1.807) is 0 Å². The van der Waals surface area contributed by atoms with Gasteiger partial charge in [0.1, 0.15) is 0 Å². The van der Waals surface area contributed by atoms with Crippen molar-refractivity contribution in [2.45, 2.75) is 51.6 Å². The van der Waals surface area contributed by atoms with Gasteiger partial charge in [-0.05, 0) is 24.7 Å². The van der Waals surface area contributed by atoms with E-state index in [9.17, 15) is 4.79 Å². The van der Waals surface area contributed by atoms with Gasteiger partial charge in [0.25, 0.3) is 0 Å². The van der Waals surface area contributed by atoms with Crippen molar-refractivity contribution in [1.29, 1.82) is 0 Å². The van der Waals surface area contributed by atoms with Crippen molar-refractivity contribution >= 4 is 11.9 Å². The van der Waals surface area contributed by atoms with Crippen LogP contribution in [0, 0.1) is 17.8 Å². The number of carboxylic acid groups (broad SMARTS) is 1. The number of rotatable bonds is 6. The van der Waals surface area contributed by atoms with Crippen LogP contribution in [0.5, 0.6) is 0 Å². The zero-order valence-electron chi connectivity index (χ0n) is 11.7. The normalized spacial score (nSPS) is 28.3. The van der Waals surface area contributed by atoms with Crippen LogP contribution in [0.25, 0.3) is 0 Å². The summed E-state index contributed by atoms with van der Waals surface area (Å²) in [4.78, 5) is 15.3. The van der Waals surface area contributed by atoms with E-state index in [1.165, 1.54) is 0 Å². The topological polar surface area (TPSA) is 128 Å². The Bertz CT molecular complexity index is 338. The molecule has 110 valence electrons. The van der Waals surface area contributed by atoms with Gasteiger partial charge >= 0.3 is 5.97 Å². The number of carbonyl (C=O) groups is 1. The van der Waals surface area contributed by atoms with Crippen LogP contribution in [0.1, 0.15) is 39.5 Å². The minimum Gasteiger partial charge on any atom is -0.481 e. The van der Waals surface area contributed by atoms with Gasteiger partial charge < -0.3 is 22.3 Å². The SMILES string of the molecule is CCC(CC)C(N)[C@@H]1C[C@@H](C(=O)O)C[C@H]1N=C(N)N. The van der Waals surface area contributed by atoms with Gasteiger partial charge in [-0.25, -0.2) is 4.99 Å². The minimum absolute atomic E-state index is 0.0118. The molecule has 1 rings (SSSR count). The van der Waals surface area contributed by atoms with Gasteiger partial charge in [0, 0.05) is 6.04 Å². The Morgan fingerprint density at radius 3 is 2.32 bits per heavy atom. The third-order valence-corrected chi connectivity index (χ3v) is 4.33. The third-order valence-electron chi connectivity index (χ3n) is 4.33. The molecular formula is C13H26N4O2. The first-order valence-corrected chi connectivity index (χ1v) is 6.97. The summed E-state index contributed by atoms with van der Waals surface area (Å²) in [6, 6.07) is -0.214. The van der Waals surface area contributed by atoms with Gasteiger partial charge in [0.15, 0.2) is 5.96 Å². The molecule has 7 N–H and O–H groups in total. The summed E-state index contributed by atoms with van der Waals surface area (Å²) in [5, 5.41) is 9.17. The quantitative estimate of drug-likeness (QED) is 0.413. The molecular weight excluding hydrogens is 244 g/mol. The Labute approximate surface area is 114 Å². The van der Waals surface area contributed by atoms with Gasteiger partial charge in [-0.2, -0.15) is 0 Å². The van der Waals surface area contributed by atoms with E-state index in [1.807, 2.05) is 0 Å². The highest BCUT2D eigenvalue weighted by atomic mass is 16.4. The van der Waals surface area contributed by atoms with E-state index in [4.69, 9.17) is 22.3 Å². The van der Waals surface area contributed by atoms with E-state index in [0.717, 1.165) is 12.8 Å². The van der Waals surface area contributed by atoms with Gasteiger partial charge in [-0.3, -0.25) is 4.79 Å². The molecule has 0 aromatic rings. The van der Waals surface area contributed by atoms with Gasteiger partial charge in [0.2, 0.25) is 0 Å². The first-order valence-electron chi connectivity index (χ1n) is 6.97. The summed E-state index contributed by atoms with van der Waals surface area (Å²) in [5.74, 6) is -0.728. The monoisotopic (exact) mass is 270 g/mol. The highest BCUT2D eigenvalue weighted by Crippen LogP contribution is 2.38. The van der Waals surface area contributed by atoms with E-state index >= 15 is 0 Å². The smallest absolute Gasteiger partial charge is 0.306 e. The summed E-state index contributed by atoms with van der Waals surface area (Å²) < 4.78 is 0. The predicted molar refractivity (Wildman–Crippen MR) is 75.5 cm³/mol. The van der Waals surface area contributed by atoms with E-state index < -0.39 is 11.9 Å². The fraction of sp³-hybridized carbons (Fsp3) is 0.846. The zero-order valence-corrected chi connectivity index (χ0v) is 11.7. The summed E-state index contributed by atoms with van der Waals surface area (Å²) >= 11 is 0. The number of guanidine groups is 1. The molecule has 1 unspecified atom stereocenters. The average Bonchev–Trinajstić information content (AvgIpc) is 2.73. The number of aliphatic imine (C=N–C) groups is 1. The van der Waals surface area contributed by atoms with Crippen molar-refractivity contribution in [3.8, 4) is 0 Å². The maximum Gasteiger partial charge on any atom is 0.306 e. The van der Waals surface area contributed by atoms with Crippen molar-refractivity contribution in [3.63, 3.8) is 0 Å². The molecule has 6 heteroatoms. The predicted octanol–water partition coefficient (Wildman–Crippen LogP) is 0.503. The molecule has 0 aliphatic heterocycles. The third kappa shape index (κ3) is 3.83. The number of hydrogen-bond acceptors (Lipinski definition) is 3. The molecule has 0 saturated heterocycles. The van der Waals surface area contributed by atoms with Gasteiger partial charge in [0.05, 0.1) is 12.0 Å². The molecule has 0 spiro atoms. The molecule has 0 radical (unpaired) electrons. The molecule has 0 bridgehead atoms. The summed E-state index contributed by atoms with van der Waals surface area (Å²) in [6.45, 7) is 4.21. The fourth-order valence-electron chi connectivity index (χ4n) is 3.19. The summed E-state index contributed by atoms with van der Waals surface area (Å²) in [5.41, 5.74) is 17.2. The second-order valence-electron chi connectivity index (χ2n) is 5.45. The van der Waals surface area contributed by atoms with Crippen molar-refractivity contribution in [2.24, 2.45) is 39.9 Å². The van der Waals surface area contributed by atoms with E-state index in [2.05, 4.69) is 18.8 Å². The van der Waals surface area contributed by atoms with Crippen LogP contribution in [0.4, 0.5) is 0 Å². The van der Waals surface area contributed by atoms with Crippen molar-refractivity contribution < 1.29 is 9.90 Å². The van der Waals surface area contributed by atoms with E-state index in [-0.39, 0.29) is 24.0 Å². The van der Waals surface area contributed by atoms with Crippen LogP contribution in [0.15, 0.2) is 4.99 Å². The molecule has 6 nitrogen and oxygen atoms in total. The largest absolute Gasteiger partial charge is 0.481 e. The highest BCUT2D eigenvalue weighted by molar-refractivity contribution is 5.76.